The van der Waals surface area contributed by atoms with Gasteiger partial charge in [-0.05, 0) is 55.0 Å². The summed E-state index contributed by atoms with van der Waals surface area (Å²) in [7, 11) is 0. The Labute approximate surface area is 194 Å². The maximum Gasteiger partial charge on any atom is 0.227 e. The number of carbonyl (C=O) groups excluding carboxylic acids is 1. The van der Waals surface area contributed by atoms with Crippen molar-refractivity contribution in [3.63, 3.8) is 0 Å². The van der Waals surface area contributed by atoms with E-state index in [2.05, 4.69) is 51.5 Å². The topological polar surface area (TPSA) is 71.3 Å². The lowest BCUT2D eigenvalue weighted by molar-refractivity contribution is -0.121. The molecule has 2 heterocycles. The summed E-state index contributed by atoms with van der Waals surface area (Å²) in [6.07, 6.45) is 3.19. The van der Waals surface area contributed by atoms with Gasteiger partial charge in [-0.1, -0.05) is 48.5 Å². The molecule has 6 nitrogen and oxygen atoms in total. The molecule has 1 aliphatic rings. The summed E-state index contributed by atoms with van der Waals surface area (Å²) in [5.41, 5.74) is 3.49. The fourth-order valence-electron chi connectivity index (χ4n) is 4.17. The summed E-state index contributed by atoms with van der Waals surface area (Å²) in [6, 6.07) is 13.3. The number of halogens is 1. The maximum absolute atomic E-state index is 13.8. The van der Waals surface area contributed by atoms with E-state index in [0.29, 0.717) is 35.8 Å². The van der Waals surface area contributed by atoms with Crippen LogP contribution in [0.1, 0.15) is 48.8 Å². The predicted octanol–water partition coefficient (Wildman–Crippen LogP) is 4.67. The van der Waals surface area contributed by atoms with Crippen molar-refractivity contribution in [3.8, 4) is 11.4 Å². The van der Waals surface area contributed by atoms with Crippen molar-refractivity contribution in [3.05, 3.63) is 70.9 Å². The Morgan fingerprint density at radius 1 is 1.21 bits per heavy atom. The minimum atomic E-state index is -0.313. The van der Waals surface area contributed by atoms with Crippen molar-refractivity contribution in [1.82, 2.24) is 20.4 Å². The molecule has 174 valence electrons. The zero-order valence-corrected chi connectivity index (χ0v) is 19.3. The van der Waals surface area contributed by atoms with Gasteiger partial charge >= 0.3 is 0 Å². The number of amides is 1. The summed E-state index contributed by atoms with van der Waals surface area (Å²) < 4.78 is 19.0. The molecule has 1 N–H and O–H groups in total. The van der Waals surface area contributed by atoms with Crippen LogP contribution in [0.15, 0.2) is 47.0 Å². The minimum absolute atomic E-state index is 0.0810. The molecule has 0 radical (unpaired) electrons. The van der Waals surface area contributed by atoms with E-state index >= 15 is 0 Å². The summed E-state index contributed by atoms with van der Waals surface area (Å²) >= 11 is 0. The highest BCUT2D eigenvalue weighted by Crippen LogP contribution is 2.20. The molecule has 0 aliphatic carbocycles. The average molecular weight is 451 g/mol. The smallest absolute Gasteiger partial charge is 0.227 e. The second kappa shape index (κ2) is 10.7. The highest BCUT2D eigenvalue weighted by molar-refractivity contribution is 5.76. The Kier molecular flexibility index (Phi) is 7.50. The van der Waals surface area contributed by atoms with Crippen LogP contribution in [0.25, 0.3) is 11.4 Å². The summed E-state index contributed by atoms with van der Waals surface area (Å²) in [4.78, 5) is 19.0. The fraction of sp³-hybridized carbons (Fsp3) is 0.423. The number of benzene rings is 2. The molecule has 0 spiro atoms. The van der Waals surface area contributed by atoms with Crippen molar-refractivity contribution >= 4 is 5.91 Å². The third-order valence-corrected chi connectivity index (χ3v) is 6.12. The van der Waals surface area contributed by atoms with E-state index in [9.17, 15) is 9.18 Å². The fourth-order valence-corrected chi connectivity index (χ4v) is 4.17. The first kappa shape index (κ1) is 23.1. The molecule has 1 saturated heterocycles. The minimum Gasteiger partial charge on any atom is -0.352 e. The van der Waals surface area contributed by atoms with Crippen LogP contribution in [0.2, 0.25) is 0 Å². The molecule has 7 heteroatoms. The molecule has 1 aliphatic heterocycles. The SMILES string of the molecule is Cc1ccc(-c2noc(CCC(=O)NCc3ccc(CN4CCCC(C)C4)cc3)n2)cc1F. The molecule has 33 heavy (non-hydrogen) atoms. The van der Waals surface area contributed by atoms with Crippen LogP contribution in [0.4, 0.5) is 4.39 Å². The molecule has 1 fully saturated rings. The van der Waals surface area contributed by atoms with Crippen LogP contribution in [0.5, 0.6) is 0 Å². The van der Waals surface area contributed by atoms with Gasteiger partial charge in [0.25, 0.3) is 0 Å². The largest absolute Gasteiger partial charge is 0.352 e. The van der Waals surface area contributed by atoms with E-state index in [-0.39, 0.29) is 18.1 Å². The number of likely N-dealkylation sites (tertiary alicyclic amines) is 1. The molecule has 0 saturated carbocycles. The van der Waals surface area contributed by atoms with Gasteiger partial charge in [0.05, 0.1) is 0 Å². The Bertz CT molecular complexity index is 1080. The van der Waals surface area contributed by atoms with E-state index in [0.717, 1.165) is 18.0 Å². The zero-order valence-electron chi connectivity index (χ0n) is 19.3. The lowest BCUT2D eigenvalue weighted by Crippen LogP contribution is -2.33. The first-order chi connectivity index (χ1) is 16.0. The van der Waals surface area contributed by atoms with Gasteiger partial charge in [-0.2, -0.15) is 4.98 Å². The number of piperidine rings is 1. The molecular formula is C26H31FN4O2. The van der Waals surface area contributed by atoms with E-state index in [4.69, 9.17) is 4.52 Å². The van der Waals surface area contributed by atoms with Crippen molar-refractivity contribution < 1.29 is 13.7 Å². The number of carbonyl (C=O) groups is 1. The number of hydrogen-bond donors (Lipinski definition) is 1. The Morgan fingerprint density at radius 2 is 2.00 bits per heavy atom. The third-order valence-electron chi connectivity index (χ3n) is 6.12. The Hall–Kier alpha value is -3.06. The molecule has 1 unspecified atom stereocenters. The van der Waals surface area contributed by atoms with Gasteiger partial charge in [-0.25, -0.2) is 4.39 Å². The predicted molar refractivity (Wildman–Crippen MR) is 125 cm³/mol. The molecule has 4 rings (SSSR count). The normalized spacial score (nSPS) is 16.6. The van der Waals surface area contributed by atoms with Gasteiger partial charge in [0, 0.05) is 38.0 Å². The number of aryl methyl sites for hydroxylation is 2. The summed E-state index contributed by atoms with van der Waals surface area (Å²) in [5, 5.41) is 6.83. The highest BCUT2D eigenvalue weighted by Gasteiger charge is 2.16. The lowest BCUT2D eigenvalue weighted by Gasteiger charge is -2.30. The van der Waals surface area contributed by atoms with Crippen LogP contribution >= 0.6 is 0 Å². The monoisotopic (exact) mass is 450 g/mol. The molecule has 1 amide bonds. The Morgan fingerprint density at radius 3 is 2.76 bits per heavy atom. The number of aromatic nitrogens is 2. The molecule has 1 aromatic heterocycles. The van der Waals surface area contributed by atoms with Gasteiger partial charge < -0.3 is 9.84 Å². The number of nitrogens with one attached hydrogen (secondary N) is 1. The number of hydrogen-bond acceptors (Lipinski definition) is 5. The highest BCUT2D eigenvalue weighted by atomic mass is 19.1. The van der Waals surface area contributed by atoms with Crippen LogP contribution in [-0.2, 0) is 24.3 Å². The maximum atomic E-state index is 13.8. The van der Waals surface area contributed by atoms with Crippen LogP contribution in [-0.4, -0.2) is 34.0 Å². The molecule has 0 bridgehead atoms. The molecule has 2 aromatic carbocycles. The Balaban J connectivity index is 1.21. The van der Waals surface area contributed by atoms with E-state index in [1.165, 1.54) is 37.6 Å². The van der Waals surface area contributed by atoms with Gasteiger partial charge in [0.1, 0.15) is 5.82 Å². The lowest BCUT2D eigenvalue weighted by atomic mass is 9.99. The second-order valence-corrected chi connectivity index (χ2v) is 9.05. The zero-order chi connectivity index (χ0) is 23.2. The van der Waals surface area contributed by atoms with Crippen LogP contribution in [0.3, 0.4) is 0 Å². The van der Waals surface area contributed by atoms with Crippen molar-refractivity contribution in [2.75, 3.05) is 13.1 Å². The van der Waals surface area contributed by atoms with Crippen molar-refractivity contribution in [2.24, 2.45) is 5.92 Å². The van der Waals surface area contributed by atoms with E-state index in [1.807, 2.05) is 0 Å². The first-order valence-electron chi connectivity index (χ1n) is 11.6. The van der Waals surface area contributed by atoms with Gasteiger partial charge in [0.2, 0.25) is 17.6 Å². The van der Waals surface area contributed by atoms with Crippen molar-refractivity contribution in [2.45, 2.75) is 52.6 Å². The molecular weight excluding hydrogens is 419 g/mol. The van der Waals surface area contributed by atoms with Crippen LogP contribution in [0, 0.1) is 18.7 Å². The van der Waals surface area contributed by atoms with Gasteiger partial charge in [-0.15, -0.1) is 0 Å². The third kappa shape index (κ3) is 6.48. The van der Waals surface area contributed by atoms with Crippen molar-refractivity contribution in [1.29, 1.82) is 0 Å². The number of nitrogens with zero attached hydrogens (tertiary/aromatic N) is 3. The second-order valence-electron chi connectivity index (χ2n) is 9.05. The van der Waals surface area contributed by atoms with Gasteiger partial charge in [-0.3, -0.25) is 9.69 Å². The number of rotatable bonds is 8. The first-order valence-corrected chi connectivity index (χ1v) is 11.6. The molecule has 1 atom stereocenters. The van der Waals surface area contributed by atoms with E-state index in [1.54, 1.807) is 19.1 Å². The van der Waals surface area contributed by atoms with Crippen LogP contribution < -0.4 is 5.32 Å². The average Bonchev–Trinajstić information content (AvgIpc) is 3.28. The molecule has 3 aromatic rings. The summed E-state index contributed by atoms with van der Waals surface area (Å²) in [5.74, 6) is 1.06. The quantitative estimate of drug-likeness (QED) is 0.540. The standard InChI is InChI=1S/C26H31FN4O2/c1-18-4-3-13-31(16-18)17-21-8-6-20(7-9-21)15-28-24(32)11-12-25-29-26(30-33-25)22-10-5-19(2)23(27)14-22/h5-10,14,18H,3-4,11-13,15-17H2,1-2H3,(H,28,32). The van der Waals surface area contributed by atoms with E-state index < -0.39 is 0 Å². The van der Waals surface area contributed by atoms with Gasteiger partial charge in [0.15, 0.2) is 0 Å². The summed E-state index contributed by atoms with van der Waals surface area (Å²) in [6.45, 7) is 7.83.